The fourth-order valence-corrected chi connectivity index (χ4v) is 3.19. The number of benzene rings is 1. The Morgan fingerprint density at radius 1 is 1.30 bits per heavy atom. The first-order valence-electron chi connectivity index (χ1n) is 8.77. The number of aromatic nitrogens is 1. The first-order valence-corrected chi connectivity index (χ1v) is 9.65. The third kappa shape index (κ3) is 6.33. The molecule has 1 aromatic heterocycles. The summed E-state index contributed by atoms with van der Waals surface area (Å²) in [5.74, 6) is -0.0632. The van der Waals surface area contributed by atoms with Crippen molar-refractivity contribution in [1.82, 2.24) is 9.88 Å². The van der Waals surface area contributed by atoms with Crippen molar-refractivity contribution in [3.05, 3.63) is 40.9 Å². The van der Waals surface area contributed by atoms with Crippen LogP contribution in [0.4, 0.5) is 5.13 Å². The highest BCUT2D eigenvalue weighted by Gasteiger charge is 2.22. The van der Waals surface area contributed by atoms with Crippen molar-refractivity contribution >= 4 is 28.3 Å². The number of carbonyl (C=O) groups excluding carboxylic acids is 2. The molecule has 0 radical (unpaired) electrons. The molecule has 8 heteroatoms. The number of nitrogens with one attached hydrogen (secondary N) is 1. The molecule has 0 aliphatic rings. The molecule has 2 rings (SSSR count). The number of carbonyl (C=O) groups is 2. The van der Waals surface area contributed by atoms with Crippen molar-refractivity contribution in [2.45, 2.75) is 20.3 Å². The maximum Gasteiger partial charge on any atom is 0.258 e. The molecule has 27 heavy (non-hydrogen) atoms. The van der Waals surface area contributed by atoms with Crippen LogP contribution < -0.4 is 10.1 Å². The van der Waals surface area contributed by atoms with E-state index in [-0.39, 0.29) is 18.4 Å². The van der Waals surface area contributed by atoms with Gasteiger partial charge in [-0.1, -0.05) is 12.1 Å². The van der Waals surface area contributed by atoms with Crippen LogP contribution in [-0.2, 0) is 9.53 Å². The van der Waals surface area contributed by atoms with E-state index >= 15 is 0 Å². The molecule has 0 aliphatic carbocycles. The number of anilines is 1. The second kappa shape index (κ2) is 10.6. The molecule has 2 amide bonds. The molecule has 0 fully saturated rings. The molecule has 0 unspecified atom stereocenters. The molecule has 0 aliphatic heterocycles. The van der Waals surface area contributed by atoms with Crippen LogP contribution >= 0.6 is 11.3 Å². The van der Waals surface area contributed by atoms with E-state index in [9.17, 15) is 9.59 Å². The maximum absolute atomic E-state index is 13.0. The van der Waals surface area contributed by atoms with Gasteiger partial charge < -0.3 is 19.7 Å². The van der Waals surface area contributed by atoms with Gasteiger partial charge in [-0.15, -0.1) is 11.3 Å². The number of amides is 2. The lowest BCUT2D eigenvalue weighted by atomic mass is 10.1. The van der Waals surface area contributed by atoms with E-state index in [1.807, 2.05) is 19.2 Å². The summed E-state index contributed by atoms with van der Waals surface area (Å²) in [5, 5.41) is 5.12. The summed E-state index contributed by atoms with van der Waals surface area (Å²) in [4.78, 5) is 31.1. The van der Waals surface area contributed by atoms with Gasteiger partial charge in [0.1, 0.15) is 12.3 Å². The standard InChI is InChI=1S/C19H25N3O4S/c1-4-26-11-7-10-22(12-17(23)21-19-20-14(2)13-27-19)18(24)15-8-5-6-9-16(15)25-3/h5-6,8-9,13H,4,7,10-12H2,1-3H3,(H,20,21,23). The van der Waals surface area contributed by atoms with E-state index in [4.69, 9.17) is 9.47 Å². The van der Waals surface area contributed by atoms with Gasteiger partial charge in [-0.05, 0) is 32.4 Å². The Labute approximate surface area is 163 Å². The van der Waals surface area contributed by atoms with Gasteiger partial charge in [0.25, 0.3) is 5.91 Å². The summed E-state index contributed by atoms with van der Waals surface area (Å²) in [6.45, 7) is 5.26. The van der Waals surface area contributed by atoms with Crippen LogP contribution in [0, 0.1) is 6.92 Å². The summed E-state index contributed by atoms with van der Waals surface area (Å²) >= 11 is 1.35. The van der Waals surface area contributed by atoms with Crippen molar-refractivity contribution < 1.29 is 19.1 Å². The van der Waals surface area contributed by atoms with Crippen molar-refractivity contribution in [2.24, 2.45) is 0 Å². The van der Waals surface area contributed by atoms with Gasteiger partial charge in [0.05, 0.1) is 18.4 Å². The summed E-state index contributed by atoms with van der Waals surface area (Å²) in [6.07, 6.45) is 0.637. The van der Waals surface area contributed by atoms with Crippen LogP contribution in [0.1, 0.15) is 29.4 Å². The zero-order valence-electron chi connectivity index (χ0n) is 15.9. The minimum atomic E-state index is -0.288. The largest absolute Gasteiger partial charge is 0.496 e. The van der Waals surface area contributed by atoms with Crippen molar-refractivity contribution in [1.29, 1.82) is 0 Å². The number of hydrogen-bond acceptors (Lipinski definition) is 6. The van der Waals surface area contributed by atoms with Gasteiger partial charge in [0, 0.05) is 25.1 Å². The monoisotopic (exact) mass is 391 g/mol. The van der Waals surface area contributed by atoms with Gasteiger partial charge in [-0.25, -0.2) is 4.98 Å². The van der Waals surface area contributed by atoms with Crippen LogP contribution in [0.25, 0.3) is 0 Å². The van der Waals surface area contributed by atoms with E-state index in [2.05, 4.69) is 10.3 Å². The zero-order chi connectivity index (χ0) is 19.6. The van der Waals surface area contributed by atoms with E-state index < -0.39 is 0 Å². The highest BCUT2D eigenvalue weighted by atomic mass is 32.1. The molecule has 1 N–H and O–H groups in total. The van der Waals surface area contributed by atoms with Crippen LogP contribution in [0.3, 0.4) is 0 Å². The fourth-order valence-electron chi connectivity index (χ4n) is 2.49. The van der Waals surface area contributed by atoms with Gasteiger partial charge in [-0.3, -0.25) is 9.59 Å². The van der Waals surface area contributed by atoms with E-state index in [0.29, 0.717) is 42.6 Å². The van der Waals surface area contributed by atoms with Gasteiger partial charge in [0.15, 0.2) is 5.13 Å². The molecule has 146 valence electrons. The SMILES string of the molecule is CCOCCCN(CC(=O)Nc1nc(C)cs1)C(=O)c1ccccc1OC. The maximum atomic E-state index is 13.0. The highest BCUT2D eigenvalue weighted by molar-refractivity contribution is 7.13. The van der Waals surface area contributed by atoms with Crippen LogP contribution in [0.5, 0.6) is 5.75 Å². The first kappa shape index (κ1) is 20.9. The van der Waals surface area contributed by atoms with Crippen molar-refractivity contribution in [3.8, 4) is 5.75 Å². The first-order chi connectivity index (χ1) is 13.0. The summed E-state index contributed by atoms with van der Waals surface area (Å²) < 4.78 is 10.6. The Morgan fingerprint density at radius 2 is 2.07 bits per heavy atom. The number of methoxy groups -OCH3 is 1. The van der Waals surface area contributed by atoms with E-state index in [1.165, 1.54) is 23.3 Å². The average molecular weight is 391 g/mol. The van der Waals surface area contributed by atoms with Crippen LogP contribution in [-0.4, -0.2) is 55.1 Å². The van der Waals surface area contributed by atoms with E-state index in [0.717, 1.165) is 5.69 Å². The Bertz CT molecular complexity index is 763. The predicted molar refractivity (Wildman–Crippen MR) is 105 cm³/mol. The number of thiazole rings is 1. The molecule has 0 saturated heterocycles. The Kier molecular flexibility index (Phi) is 8.22. The molecule has 0 saturated carbocycles. The second-order valence-corrected chi connectivity index (χ2v) is 6.68. The quantitative estimate of drug-likeness (QED) is 0.630. The zero-order valence-corrected chi connectivity index (χ0v) is 16.7. The molecule has 1 heterocycles. The molecule has 1 aromatic carbocycles. The normalized spacial score (nSPS) is 10.5. The number of para-hydroxylation sites is 1. The Hall–Kier alpha value is -2.45. The molecule has 0 spiro atoms. The van der Waals surface area contributed by atoms with E-state index in [1.54, 1.807) is 24.3 Å². The minimum Gasteiger partial charge on any atom is -0.496 e. The molecule has 0 bridgehead atoms. The lowest BCUT2D eigenvalue weighted by Gasteiger charge is -2.23. The van der Waals surface area contributed by atoms with Gasteiger partial charge in [-0.2, -0.15) is 0 Å². The third-order valence-corrected chi connectivity index (χ3v) is 4.62. The number of nitrogens with zero attached hydrogens (tertiary/aromatic N) is 2. The third-order valence-electron chi connectivity index (χ3n) is 3.75. The lowest BCUT2D eigenvalue weighted by Crippen LogP contribution is -2.39. The van der Waals surface area contributed by atoms with Gasteiger partial charge in [0.2, 0.25) is 5.91 Å². The minimum absolute atomic E-state index is 0.0678. The number of rotatable bonds is 10. The van der Waals surface area contributed by atoms with Crippen LogP contribution in [0.15, 0.2) is 29.6 Å². The molecule has 0 atom stereocenters. The molecule has 2 aromatic rings. The Morgan fingerprint density at radius 3 is 2.74 bits per heavy atom. The molecular weight excluding hydrogens is 366 g/mol. The number of hydrogen-bond donors (Lipinski definition) is 1. The summed E-state index contributed by atoms with van der Waals surface area (Å²) in [5.41, 5.74) is 1.27. The second-order valence-electron chi connectivity index (χ2n) is 5.82. The highest BCUT2D eigenvalue weighted by Crippen LogP contribution is 2.20. The topological polar surface area (TPSA) is 80.8 Å². The van der Waals surface area contributed by atoms with Gasteiger partial charge >= 0.3 is 0 Å². The van der Waals surface area contributed by atoms with Crippen molar-refractivity contribution in [2.75, 3.05) is 38.7 Å². The Balaban J connectivity index is 2.09. The van der Waals surface area contributed by atoms with Crippen LogP contribution in [0.2, 0.25) is 0 Å². The predicted octanol–water partition coefficient (Wildman–Crippen LogP) is 2.97. The molecular formula is C19H25N3O4S. The summed E-state index contributed by atoms with van der Waals surface area (Å²) in [6, 6.07) is 6.99. The fraction of sp³-hybridized carbons (Fsp3) is 0.421. The summed E-state index contributed by atoms with van der Waals surface area (Å²) in [7, 11) is 1.52. The number of aryl methyl sites for hydroxylation is 1. The number of ether oxygens (including phenoxy) is 2. The molecule has 7 nitrogen and oxygen atoms in total. The van der Waals surface area contributed by atoms with Crippen molar-refractivity contribution in [3.63, 3.8) is 0 Å². The average Bonchev–Trinajstić information content (AvgIpc) is 3.08. The lowest BCUT2D eigenvalue weighted by molar-refractivity contribution is -0.116. The smallest absolute Gasteiger partial charge is 0.258 e.